The Bertz CT molecular complexity index is 1850. The molecule has 12 heteroatoms. The fourth-order valence-electron chi connectivity index (χ4n) is 6.89. The van der Waals surface area contributed by atoms with Crippen molar-refractivity contribution in [1.29, 1.82) is 5.26 Å². The Hall–Kier alpha value is -4.34. The molecule has 2 aromatic heterocycles. The first-order valence-electron chi connectivity index (χ1n) is 14.6. The van der Waals surface area contributed by atoms with Crippen molar-refractivity contribution in [3.63, 3.8) is 0 Å². The van der Waals surface area contributed by atoms with Gasteiger partial charge >= 0.3 is 0 Å². The normalized spacial score (nSPS) is 19.8. The van der Waals surface area contributed by atoms with E-state index in [1.165, 1.54) is 29.5 Å². The van der Waals surface area contributed by atoms with Gasteiger partial charge in [0.1, 0.15) is 28.0 Å². The van der Waals surface area contributed by atoms with E-state index >= 15 is 4.39 Å². The first kappa shape index (κ1) is 27.2. The molecule has 1 atom stereocenters. The molecule has 0 bridgehead atoms. The molecule has 44 heavy (non-hydrogen) atoms. The van der Waals surface area contributed by atoms with Crippen LogP contribution in [0.5, 0.6) is 5.75 Å². The lowest BCUT2D eigenvalue weighted by Crippen LogP contribution is -2.73. The molecule has 0 aliphatic carbocycles. The molecule has 6 heterocycles. The third-order valence-electron chi connectivity index (χ3n) is 9.13. The van der Waals surface area contributed by atoms with Gasteiger partial charge in [-0.05, 0) is 42.8 Å². The highest BCUT2D eigenvalue weighted by molar-refractivity contribution is 7.16. The van der Waals surface area contributed by atoms with Gasteiger partial charge in [0.2, 0.25) is 5.91 Å². The average Bonchev–Trinajstić information content (AvgIpc) is 3.76. The van der Waals surface area contributed by atoms with Gasteiger partial charge in [-0.2, -0.15) is 5.26 Å². The number of hydrogen-bond acceptors (Lipinski definition) is 9. The summed E-state index contributed by atoms with van der Waals surface area (Å²) < 4.78 is 40.8. The van der Waals surface area contributed by atoms with Gasteiger partial charge in [0.15, 0.2) is 16.7 Å². The number of ether oxygens (including phenoxy) is 2. The lowest BCUT2D eigenvalue weighted by atomic mass is 9.72. The van der Waals surface area contributed by atoms with E-state index in [4.69, 9.17) is 14.5 Å². The van der Waals surface area contributed by atoms with Crippen molar-refractivity contribution in [1.82, 2.24) is 14.9 Å². The third-order valence-corrected chi connectivity index (χ3v) is 10.2. The van der Waals surface area contributed by atoms with Crippen LogP contribution in [-0.4, -0.2) is 73.8 Å². The highest BCUT2D eigenvalue weighted by atomic mass is 32.1. The van der Waals surface area contributed by atoms with Crippen LogP contribution in [0.1, 0.15) is 17.0 Å². The van der Waals surface area contributed by atoms with E-state index in [2.05, 4.69) is 16.0 Å². The zero-order valence-corrected chi connectivity index (χ0v) is 24.8. The number of benzene rings is 2. The van der Waals surface area contributed by atoms with Crippen molar-refractivity contribution in [3.8, 4) is 23.1 Å². The molecule has 8 rings (SSSR count). The summed E-state index contributed by atoms with van der Waals surface area (Å²) in [7, 11) is 1.82. The van der Waals surface area contributed by atoms with E-state index in [9.17, 15) is 14.4 Å². The second kappa shape index (κ2) is 10.1. The van der Waals surface area contributed by atoms with Crippen molar-refractivity contribution >= 4 is 44.7 Å². The van der Waals surface area contributed by atoms with E-state index in [1.807, 2.05) is 22.9 Å². The number of fused-ring (bicyclic) bond motifs is 2. The van der Waals surface area contributed by atoms with Crippen LogP contribution in [0.3, 0.4) is 0 Å². The summed E-state index contributed by atoms with van der Waals surface area (Å²) in [5.41, 5.74) is 3.44. The number of aromatic nitrogens is 2. The molecular formula is C32H28F2N6O3S. The van der Waals surface area contributed by atoms with E-state index < -0.39 is 5.82 Å². The minimum absolute atomic E-state index is 0.0289. The first-order valence-corrected chi connectivity index (χ1v) is 15.5. The van der Waals surface area contributed by atoms with E-state index in [0.717, 1.165) is 25.2 Å². The molecule has 224 valence electrons. The van der Waals surface area contributed by atoms with Crippen LogP contribution in [0.4, 0.5) is 25.3 Å². The van der Waals surface area contributed by atoms with Crippen molar-refractivity contribution in [2.75, 3.05) is 62.8 Å². The number of nitrogens with zero attached hydrogens (tertiary/aromatic N) is 6. The molecular weight excluding hydrogens is 586 g/mol. The van der Waals surface area contributed by atoms with Crippen molar-refractivity contribution in [2.45, 2.75) is 12.8 Å². The quantitative estimate of drug-likeness (QED) is 0.314. The smallest absolute Gasteiger partial charge is 0.228 e. The molecule has 0 N–H and O–H groups in total. The number of pyridine rings is 1. The summed E-state index contributed by atoms with van der Waals surface area (Å²) in [6.07, 6.45) is 1.35. The minimum atomic E-state index is -0.418. The van der Waals surface area contributed by atoms with Crippen molar-refractivity contribution in [3.05, 3.63) is 58.6 Å². The maximum atomic E-state index is 15.8. The molecule has 4 aliphatic rings. The Morgan fingerprint density at radius 3 is 2.66 bits per heavy atom. The van der Waals surface area contributed by atoms with Crippen LogP contribution < -0.4 is 14.5 Å². The Morgan fingerprint density at radius 2 is 1.93 bits per heavy atom. The lowest BCUT2D eigenvalue weighted by molar-refractivity contribution is -0.149. The molecule has 0 saturated carbocycles. The van der Waals surface area contributed by atoms with Crippen molar-refractivity contribution < 1.29 is 23.0 Å². The van der Waals surface area contributed by atoms with E-state index in [1.54, 1.807) is 12.1 Å². The molecule has 2 aromatic carbocycles. The summed E-state index contributed by atoms with van der Waals surface area (Å²) in [4.78, 5) is 28.5. The fraction of sp³-hybridized carbons (Fsp3) is 0.375. The summed E-state index contributed by atoms with van der Waals surface area (Å²) in [5, 5.41) is 11.0. The van der Waals surface area contributed by atoms with Crippen LogP contribution in [-0.2, 0) is 16.0 Å². The molecule has 1 amide bonds. The Labute approximate surface area is 256 Å². The van der Waals surface area contributed by atoms with Crippen LogP contribution in [0, 0.1) is 34.3 Å². The van der Waals surface area contributed by atoms with Crippen molar-refractivity contribution in [2.24, 2.45) is 11.3 Å². The number of likely N-dealkylation sites (tertiary alicyclic amines) is 1. The molecule has 3 saturated heterocycles. The van der Waals surface area contributed by atoms with Gasteiger partial charge < -0.3 is 24.2 Å². The Kier molecular flexibility index (Phi) is 6.25. The predicted octanol–water partition coefficient (Wildman–Crippen LogP) is 4.90. The summed E-state index contributed by atoms with van der Waals surface area (Å²) >= 11 is 1.21. The number of anilines is 3. The van der Waals surface area contributed by atoms with Gasteiger partial charge in [0.25, 0.3) is 0 Å². The first-order chi connectivity index (χ1) is 21.3. The van der Waals surface area contributed by atoms with Gasteiger partial charge in [-0.3, -0.25) is 4.79 Å². The third kappa shape index (κ3) is 4.29. The monoisotopic (exact) mass is 614 g/mol. The van der Waals surface area contributed by atoms with Gasteiger partial charge in [-0.15, -0.1) is 0 Å². The van der Waals surface area contributed by atoms with Crippen LogP contribution in [0.25, 0.3) is 22.2 Å². The molecule has 0 unspecified atom stereocenters. The number of hydrogen-bond donors (Lipinski definition) is 0. The highest BCUT2D eigenvalue weighted by Crippen LogP contribution is 2.48. The largest absolute Gasteiger partial charge is 0.489 e. The molecule has 4 aliphatic heterocycles. The summed E-state index contributed by atoms with van der Waals surface area (Å²) in [6, 6.07) is 11.6. The molecule has 9 nitrogen and oxygen atoms in total. The lowest BCUT2D eigenvalue weighted by Gasteiger charge is -2.61. The number of thiazole rings is 1. The molecule has 0 radical (unpaired) electrons. The highest BCUT2D eigenvalue weighted by Gasteiger charge is 2.54. The summed E-state index contributed by atoms with van der Waals surface area (Å²) in [5.74, 6) is -0.0564. The maximum absolute atomic E-state index is 15.8. The van der Waals surface area contributed by atoms with Gasteiger partial charge in [-0.25, -0.2) is 18.7 Å². The minimum Gasteiger partial charge on any atom is -0.489 e. The SMILES string of the molecule is CN(c1nc(-c2ccc(F)cc2)c(C#N)s1)c1c2c(nc3c(F)cc(N4CC5(CN(C(=O)[C@@H]6CCOC6)C5)C4)cc13)CCO2. The number of carbonyl (C=O) groups is 1. The molecule has 1 spiro atoms. The number of carbonyl (C=O) groups excluding carboxylic acids is 1. The number of nitriles is 1. The van der Waals surface area contributed by atoms with Gasteiger partial charge in [-0.1, -0.05) is 11.3 Å². The van der Waals surface area contributed by atoms with E-state index in [-0.39, 0.29) is 28.6 Å². The van der Waals surface area contributed by atoms with Gasteiger partial charge in [0, 0.05) is 68.3 Å². The molecule has 4 aromatic rings. The van der Waals surface area contributed by atoms with Crippen LogP contribution in [0.2, 0.25) is 0 Å². The second-order valence-corrected chi connectivity index (χ2v) is 13.1. The Morgan fingerprint density at radius 1 is 1.14 bits per heavy atom. The number of halogens is 2. The van der Waals surface area contributed by atoms with Crippen LogP contribution >= 0.6 is 11.3 Å². The second-order valence-electron chi connectivity index (χ2n) is 12.1. The van der Waals surface area contributed by atoms with Crippen LogP contribution in [0.15, 0.2) is 36.4 Å². The fourth-order valence-corrected chi connectivity index (χ4v) is 7.74. The zero-order chi connectivity index (χ0) is 30.2. The topological polar surface area (TPSA) is 94.8 Å². The average molecular weight is 615 g/mol. The standard InChI is InChI=1S/C32H28F2N6O3S/c1-38(31-37-26(25(12-35)44-31)18-2-4-20(33)5-3-18)28-22-10-21(11-23(34)27(22)36-24-7-9-43-29(24)28)39-14-32(15-39)16-40(17-32)30(41)19-6-8-42-13-19/h2-5,10-11,19H,6-9,13-17H2,1H3/t19-/m1/s1. The van der Waals surface area contributed by atoms with Gasteiger partial charge in [0.05, 0.1) is 30.5 Å². The predicted molar refractivity (Wildman–Crippen MR) is 161 cm³/mol. The number of amides is 1. The maximum Gasteiger partial charge on any atom is 0.228 e. The zero-order valence-electron chi connectivity index (χ0n) is 24.0. The van der Waals surface area contributed by atoms with E-state index in [0.29, 0.717) is 83.1 Å². The number of rotatable bonds is 5. The Balaban J connectivity index is 1.11. The summed E-state index contributed by atoms with van der Waals surface area (Å²) in [6.45, 7) is 4.50. The molecule has 3 fully saturated rings.